The number of para-hydroxylation sites is 1. The van der Waals surface area contributed by atoms with Crippen LogP contribution in [0, 0.1) is 0 Å². The summed E-state index contributed by atoms with van der Waals surface area (Å²) in [7, 11) is 0. The van der Waals surface area contributed by atoms with Gasteiger partial charge in [-0.2, -0.15) is 9.78 Å². The number of carbonyl (C=O) groups excluding carboxylic acids is 1. The summed E-state index contributed by atoms with van der Waals surface area (Å²) < 4.78 is 12.1. The van der Waals surface area contributed by atoms with Crippen LogP contribution in [0.25, 0.3) is 33.1 Å². The molecule has 1 aromatic heterocycles. The third kappa shape index (κ3) is 4.59. The molecule has 0 fully saturated rings. The molecule has 5 rings (SSSR count). The number of nitrogens with zero attached hydrogens (tertiary/aromatic N) is 3. The molecule has 0 amide bonds. The van der Waals surface area contributed by atoms with Gasteiger partial charge < -0.3 is 9.47 Å². The van der Waals surface area contributed by atoms with Gasteiger partial charge >= 0.3 is 5.97 Å². The molecular weight excluding hydrogens is 454 g/mol. The summed E-state index contributed by atoms with van der Waals surface area (Å²) in [6.07, 6.45) is 1.58. The maximum absolute atomic E-state index is 13.5. The van der Waals surface area contributed by atoms with Crippen LogP contribution in [0.2, 0.25) is 0 Å². The molecule has 0 bridgehead atoms. The molecule has 0 aliphatic rings. The minimum atomic E-state index is -0.463. The Balaban J connectivity index is 1.66. The van der Waals surface area contributed by atoms with E-state index in [1.54, 1.807) is 31.3 Å². The fourth-order valence-electron chi connectivity index (χ4n) is 3.99. The van der Waals surface area contributed by atoms with Gasteiger partial charge in [-0.05, 0) is 35.9 Å². The summed E-state index contributed by atoms with van der Waals surface area (Å²) in [6, 6.07) is 28.1. The van der Waals surface area contributed by atoms with Gasteiger partial charge in [0.25, 0.3) is 5.56 Å². The Morgan fingerprint density at radius 2 is 1.64 bits per heavy atom. The van der Waals surface area contributed by atoms with Crippen molar-refractivity contribution in [3.05, 3.63) is 107 Å². The van der Waals surface area contributed by atoms with E-state index in [4.69, 9.17) is 14.5 Å². The Bertz CT molecular complexity index is 1640. The summed E-state index contributed by atoms with van der Waals surface area (Å²) in [4.78, 5) is 30.1. The number of rotatable bonds is 7. The minimum Gasteiger partial charge on any atom is -0.481 e. The SMILES string of the molecule is CCOC(=O)COc1ccc2ccccc2c1C=Nn1c(-c2ccccc2)nc2ccccc2c1=O. The molecule has 0 atom stereocenters. The second-order valence-electron chi connectivity index (χ2n) is 7.97. The summed E-state index contributed by atoms with van der Waals surface area (Å²) in [5, 5.41) is 6.89. The lowest BCUT2D eigenvalue weighted by Crippen LogP contribution is -2.20. The lowest BCUT2D eigenvalue weighted by molar-refractivity contribution is -0.145. The van der Waals surface area contributed by atoms with E-state index in [0.717, 1.165) is 16.3 Å². The highest BCUT2D eigenvalue weighted by atomic mass is 16.6. The molecule has 0 unspecified atom stereocenters. The number of esters is 1. The van der Waals surface area contributed by atoms with Crippen molar-refractivity contribution in [2.75, 3.05) is 13.2 Å². The Hall–Kier alpha value is -4.78. The predicted molar refractivity (Wildman–Crippen MR) is 141 cm³/mol. The molecule has 5 aromatic rings. The van der Waals surface area contributed by atoms with E-state index in [0.29, 0.717) is 28.0 Å². The number of fused-ring (bicyclic) bond motifs is 2. The molecule has 0 saturated heterocycles. The van der Waals surface area contributed by atoms with Gasteiger partial charge in [0.2, 0.25) is 0 Å². The summed E-state index contributed by atoms with van der Waals surface area (Å²) in [6.45, 7) is 1.78. The van der Waals surface area contributed by atoms with Crippen molar-refractivity contribution in [1.29, 1.82) is 0 Å². The van der Waals surface area contributed by atoms with E-state index >= 15 is 0 Å². The van der Waals surface area contributed by atoms with E-state index in [1.165, 1.54) is 4.68 Å². The van der Waals surface area contributed by atoms with Crippen LogP contribution in [0.15, 0.2) is 101 Å². The van der Waals surface area contributed by atoms with Crippen LogP contribution in [0.3, 0.4) is 0 Å². The monoisotopic (exact) mass is 477 g/mol. The summed E-state index contributed by atoms with van der Waals surface area (Å²) in [5.74, 6) is 0.410. The highest BCUT2D eigenvalue weighted by molar-refractivity contribution is 6.02. The van der Waals surface area contributed by atoms with Gasteiger partial charge in [0.1, 0.15) is 5.75 Å². The lowest BCUT2D eigenvalue weighted by Gasteiger charge is -2.12. The highest BCUT2D eigenvalue weighted by Crippen LogP contribution is 2.27. The Morgan fingerprint density at radius 3 is 2.44 bits per heavy atom. The zero-order chi connectivity index (χ0) is 24.9. The van der Waals surface area contributed by atoms with Crippen molar-refractivity contribution in [2.45, 2.75) is 6.92 Å². The van der Waals surface area contributed by atoms with Gasteiger partial charge in [0, 0.05) is 11.1 Å². The van der Waals surface area contributed by atoms with Crippen molar-refractivity contribution in [2.24, 2.45) is 5.10 Å². The molecule has 36 heavy (non-hydrogen) atoms. The first-order chi connectivity index (χ1) is 17.7. The summed E-state index contributed by atoms with van der Waals surface area (Å²) in [5.41, 5.74) is 1.70. The standard InChI is InChI=1S/C29H23N3O4/c1-2-35-27(33)19-36-26-17-16-20-10-6-7-13-22(20)24(26)18-30-32-28(21-11-4-3-5-12-21)31-25-15-9-8-14-23(25)29(32)34/h3-18H,2,19H2,1H3. The van der Waals surface area contributed by atoms with Crippen LogP contribution in [0.1, 0.15) is 12.5 Å². The van der Waals surface area contributed by atoms with Gasteiger partial charge in [0.05, 0.1) is 23.7 Å². The summed E-state index contributed by atoms with van der Waals surface area (Å²) >= 11 is 0. The lowest BCUT2D eigenvalue weighted by atomic mass is 10.0. The largest absolute Gasteiger partial charge is 0.481 e. The molecule has 7 nitrogen and oxygen atoms in total. The zero-order valence-corrected chi connectivity index (χ0v) is 19.6. The number of hydrogen-bond donors (Lipinski definition) is 0. The van der Waals surface area contributed by atoms with Gasteiger partial charge in [-0.3, -0.25) is 4.79 Å². The topological polar surface area (TPSA) is 82.8 Å². The number of benzene rings is 4. The highest BCUT2D eigenvalue weighted by Gasteiger charge is 2.14. The first kappa shape index (κ1) is 23.0. The third-order valence-electron chi connectivity index (χ3n) is 5.67. The van der Waals surface area contributed by atoms with Crippen LogP contribution >= 0.6 is 0 Å². The fourth-order valence-corrected chi connectivity index (χ4v) is 3.99. The van der Waals surface area contributed by atoms with Gasteiger partial charge in [-0.15, -0.1) is 0 Å². The molecule has 0 spiro atoms. The second kappa shape index (κ2) is 10.2. The van der Waals surface area contributed by atoms with E-state index in [9.17, 15) is 9.59 Å². The molecule has 4 aromatic carbocycles. The Kier molecular flexibility index (Phi) is 6.53. The van der Waals surface area contributed by atoms with Gasteiger partial charge in [-0.25, -0.2) is 9.78 Å². The van der Waals surface area contributed by atoms with Crippen LogP contribution in [0.4, 0.5) is 0 Å². The molecule has 0 aliphatic heterocycles. The number of carbonyl (C=O) groups is 1. The fraction of sp³-hybridized carbons (Fsp3) is 0.103. The maximum Gasteiger partial charge on any atom is 0.344 e. The number of ether oxygens (including phenoxy) is 2. The smallest absolute Gasteiger partial charge is 0.344 e. The Labute approximate surface area is 207 Å². The average Bonchev–Trinajstić information content (AvgIpc) is 2.92. The second-order valence-corrected chi connectivity index (χ2v) is 7.97. The van der Waals surface area contributed by atoms with E-state index in [-0.39, 0.29) is 18.8 Å². The van der Waals surface area contributed by atoms with Crippen LogP contribution in [-0.2, 0) is 9.53 Å². The predicted octanol–water partition coefficient (Wildman–Crippen LogP) is 5.04. The van der Waals surface area contributed by atoms with Crippen molar-refractivity contribution >= 4 is 33.9 Å². The third-order valence-corrected chi connectivity index (χ3v) is 5.67. The zero-order valence-electron chi connectivity index (χ0n) is 19.6. The van der Waals surface area contributed by atoms with E-state index in [1.807, 2.05) is 72.8 Å². The van der Waals surface area contributed by atoms with Crippen LogP contribution in [0.5, 0.6) is 5.75 Å². The molecule has 1 heterocycles. The van der Waals surface area contributed by atoms with E-state index in [2.05, 4.69) is 5.10 Å². The van der Waals surface area contributed by atoms with E-state index < -0.39 is 5.97 Å². The first-order valence-electron chi connectivity index (χ1n) is 11.6. The van der Waals surface area contributed by atoms with Crippen LogP contribution in [-0.4, -0.2) is 35.1 Å². The molecule has 0 saturated carbocycles. The number of aromatic nitrogens is 2. The number of hydrogen-bond acceptors (Lipinski definition) is 6. The van der Waals surface area contributed by atoms with Crippen molar-refractivity contribution in [3.8, 4) is 17.1 Å². The normalized spacial score (nSPS) is 11.2. The first-order valence-corrected chi connectivity index (χ1v) is 11.6. The molecule has 0 N–H and O–H groups in total. The molecule has 178 valence electrons. The molecule has 7 heteroatoms. The minimum absolute atomic E-state index is 0.236. The van der Waals surface area contributed by atoms with Gasteiger partial charge in [0.15, 0.2) is 12.4 Å². The van der Waals surface area contributed by atoms with Gasteiger partial charge in [-0.1, -0.05) is 72.8 Å². The van der Waals surface area contributed by atoms with Crippen molar-refractivity contribution < 1.29 is 14.3 Å². The average molecular weight is 478 g/mol. The maximum atomic E-state index is 13.5. The van der Waals surface area contributed by atoms with Crippen LogP contribution < -0.4 is 10.3 Å². The quantitative estimate of drug-likeness (QED) is 0.242. The molecule has 0 aliphatic carbocycles. The van der Waals surface area contributed by atoms with Crippen molar-refractivity contribution in [1.82, 2.24) is 9.66 Å². The molecular formula is C29H23N3O4. The van der Waals surface area contributed by atoms with Crippen molar-refractivity contribution in [3.63, 3.8) is 0 Å². The molecule has 0 radical (unpaired) electrons. The Morgan fingerprint density at radius 1 is 0.917 bits per heavy atom.